The highest BCUT2D eigenvalue weighted by molar-refractivity contribution is 5.53. The number of benzene rings is 1. The Morgan fingerprint density at radius 1 is 1.23 bits per heavy atom. The largest absolute Gasteiger partial charge is 0.573 e. The van der Waals surface area contributed by atoms with Gasteiger partial charge in [0.25, 0.3) is 0 Å². The smallest absolute Gasteiger partial charge is 0.505 e. The van der Waals surface area contributed by atoms with E-state index in [1.165, 1.54) is 6.07 Å². The number of phenolic OH excluding ortho intramolecular Hbond substituents is 1. The minimum atomic E-state index is -4.99. The van der Waals surface area contributed by atoms with E-state index in [9.17, 15) is 22.7 Å². The van der Waals surface area contributed by atoms with E-state index in [0.717, 1.165) is 0 Å². The first-order chi connectivity index (χ1) is 10.1. The molecule has 0 aromatic heterocycles. The SMILES string of the molecule is CC.CC(C)c1cc(C2(C)CC2)c(OC(F)(F)F)c(F)c1O. The second kappa shape index (κ2) is 6.34. The maximum atomic E-state index is 14.1. The monoisotopic (exact) mass is 322 g/mol. The van der Waals surface area contributed by atoms with Crippen molar-refractivity contribution in [2.24, 2.45) is 0 Å². The van der Waals surface area contributed by atoms with Gasteiger partial charge in [0.15, 0.2) is 11.5 Å². The number of phenols is 1. The molecule has 126 valence electrons. The summed E-state index contributed by atoms with van der Waals surface area (Å²) in [6, 6.07) is 1.43. The zero-order valence-electron chi connectivity index (χ0n) is 13.4. The van der Waals surface area contributed by atoms with E-state index in [2.05, 4.69) is 4.74 Å². The summed E-state index contributed by atoms with van der Waals surface area (Å²) in [5.74, 6) is -3.21. The van der Waals surface area contributed by atoms with Crippen molar-refractivity contribution in [2.45, 2.75) is 65.2 Å². The highest BCUT2D eigenvalue weighted by Gasteiger charge is 2.45. The van der Waals surface area contributed by atoms with Gasteiger partial charge in [0.05, 0.1) is 0 Å². The lowest BCUT2D eigenvalue weighted by molar-refractivity contribution is -0.276. The third-order valence-corrected chi connectivity index (χ3v) is 3.72. The number of aromatic hydroxyl groups is 1. The Bertz CT molecular complexity index is 532. The van der Waals surface area contributed by atoms with Gasteiger partial charge in [0.2, 0.25) is 5.82 Å². The Labute approximate surface area is 128 Å². The number of alkyl halides is 3. The van der Waals surface area contributed by atoms with E-state index in [0.29, 0.717) is 18.4 Å². The molecule has 6 heteroatoms. The molecule has 1 aliphatic rings. The normalized spacial score (nSPS) is 16.1. The number of halogens is 4. The van der Waals surface area contributed by atoms with E-state index in [4.69, 9.17) is 0 Å². The van der Waals surface area contributed by atoms with Crippen molar-refractivity contribution in [1.29, 1.82) is 0 Å². The molecule has 22 heavy (non-hydrogen) atoms. The first-order valence-electron chi connectivity index (χ1n) is 7.37. The Kier molecular flexibility index (Phi) is 5.36. The number of hydrogen-bond acceptors (Lipinski definition) is 2. The van der Waals surface area contributed by atoms with Gasteiger partial charge >= 0.3 is 6.36 Å². The fourth-order valence-electron chi connectivity index (χ4n) is 2.20. The molecule has 0 aliphatic heterocycles. The van der Waals surface area contributed by atoms with Crippen molar-refractivity contribution in [2.75, 3.05) is 0 Å². The standard InChI is InChI=1S/C14H16F4O2.C2H6/c1-7(2)8-6-9(13(3)4-5-13)12(10(15)11(8)19)20-14(16,17)18;1-2/h6-7,19H,4-5H2,1-3H3;1-2H3. The summed E-state index contributed by atoms with van der Waals surface area (Å²) in [6.45, 7) is 9.22. The first-order valence-corrected chi connectivity index (χ1v) is 7.37. The van der Waals surface area contributed by atoms with Crippen LogP contribution in [0.3, 0.4) is 0 Å². The molecule has 1 saturated carbocycles. The number of hydrogen-bond donors (Lipinski definition) is 1. The third-order valence-electron chi connectivity index (χ3n) is 3.72. The van der Waals surface area contributed by atoms with Gasteiger partial charge in [-0.2, -0.15) is 4.39 Å². The molecule has 0 bridgehead atoms. The zero-order chi connectivity index (χ0) is 17.3. The van der Waals surface area contributed by atoms with E-state index in [1.807, 2.05) is 13.8 Å². The fraction of sp³-hybridized carbons (Fsp3) is 0.625. The topological polar surface area (TPSA) is 29.5 Å². The Morgan fingerprint density at radius 3 is 2.09 bits per heavy atom. The Hall–Kier alpha value is -1.46. The third kappa shape index (κ3) is 3.84. The van der Waals surface area contributed by atoms with Crippen molar-refractivity contribution in [3.05, 3.63) is 23.0 Å². The molecule has 0 spiro atoms. The van der Waals surface area contributed by atoms with Gasteiger partial charge in [-0.25, -0.2) is 0 Å². The average Bonchev–Trinajstić information content (AvgIpc) is 3.14. The van der Waals surface area contributed by atoms with Crippen LogP contribution < -0.4 is 4.74 Å². The van der Waals surface area contributed by atoms with Crippen LogP contribution in [-0.4, -0.2) is 11.5 Å². The fourth-order valence-corrected chi connectivity index (χ4v) is 2.20. The second-order valence-corrected chi connectivity index (χ2v) is 5.77. The average molecular weight is 322 g/mol. The van der Waals surface area contributed by atoms with Crippen molar-refractivity contribution in [1.82, 2.24) is 0 Å². The van der Waals surface area contributed by atoms with Crippen LogP contribution in [0.25, 0.3) is 0 Å². The molecule has 0 unspecified atom stereocenters. The summed E-state index contributed by atoms with van der Waals surface area (Å²) in [5.41, 5.74) is -0.0485. The molecule has 1 fully saturated rings. The Balaban J connectivity index is 0.00000116. The van der Waals surface area contributed by atoms with Crippen LogP contribution in [0.1, 0.15) is 64.5 Å². The molecule has 0 radical (unpaired) electrons. The highest BCUT2D eigenvalue weighted by atomic mass is 19.4. The van der Waals surface area contributed by atoms with Crippen LogP contribution in [0.15, 0.2) is 6.07 Å². The summed E-state index contributed by atoms with van der Waals surface area (Å²) in [4.78, 5) is 0. The molecule has 0 amide bonds. The van der Waals surface area contributed by atoms with Gasteiger partial charge in [-0.3, -0.25) is 0 Å². The molecule has 1 N–H and O–H groups in total. The lowest BCUT2D eigenvalue weighted by Crippen LogP contribution is -2.21. The maximum absolute atomic E-state index is 14.1. The molecular weight excluding hydrogens is 300 g/mol. The molecule has 0 saturated heterocycles. The van der Waals surface area contributed by atoms with Crippen LogP contribution in [-0.2, 0) is 5.41 Å². The van der Waals surface area contributed by atoms with E-state index < -0.39 is 29.1 Å². The lowest BCUT2D eigenvalue weighted by atomic mass is 9.91. The van der Waals surface area contributed by atoms with E-state index in [-0.39, 0.29) is 11.5 Å². The zero-order valence-corrected chi connectivity index (χ0v) is 13.4. The summed E-state index contributed by atoms with van der Waals surface area (Å²) >= 11 is 0. The van der Waals surface area contributed by atoms with E-state index >= 15 is 0 Å². The molecule has 2 nitrogen and oxygen atoms in total. The number of ether oxygens (including phenoxy) is 1. The minimum Gasteiger partial charge on any atom is -0.505 e. The summed E-state index contributed by atoms with van der Waals surface area (Å²) in [6.07, 6.45) is -3.65. The van der Waals surface area contributed by atoms with Gasteiger partial charge in [-0.1, -0.05) is 34.6 Å². The molecule has 0 atom stereocenters. The van der Waals surface area contributed by atoms with Crippen molar-refractivity contribution in [3.8, 4) is 11.5 Å². The first kappa shape index (κ1) is 18.6. The second-order valence-electron chi connectivity index (χ2n) is 5.77. The summed E-state index contributed by atoms with van der Waals surface area (Å²) < 4.78 is 55.2. The predicted octanol–water partition coefficient (Wildman–Crippen LogP) is 5.63. The Morgan fingerprint density at radius 2 is 1.73 bits per heavy atom. The molecule has 1 aromatic carbocycles. The highest BCUT2D eigenvalue weighted by Crippen LogP contribution is 2.54. The number of rotatable bonds is 3. The van der Waals surface area contributed by atoms with Gasteiger partial charge < -0.3 is 9.84 Å². The summed E-state index contributed by atoms with van der Waals surface area (Å²) in [7, 11) is 0. The van der Waals surface area contributed by atoms with Crippen LogP contribution in [0, 0.1) is 5.82 Å². The molecular formula is C16H22F4O2. The van der Waals surface area contributed by atoms with Crippen molar-refractivity contribution in [3.63, 3.8) is 0 Å². The van der Waals surface area contributed by atoms with Gasteiger partial charge in [0.1, 0.15) is 0 Å². The van der Waals surface area contributed by atoms with Gasteiger partial charge in [-0.15, -0.1) is 13.2 Å². The predicted molar refractivity (Wildman–Crippen MR) is 76.8 cm³/mol. The maximum Gasteiger partial charge on any atom is 0.573 e. The van der Waals surface area contributed by atoms with Crippen LogP contribution in [0.4, 0.5) is 17.6 Å². The van der Waals surface area contributed by atoms with Crippen LogP contribution in [0.5, 0.6) is 11.5 Å². The quantitative estimate of drug-likeness (QED) is 0.731. The molecule has 0 heterocycles. The van der Waals surface area contributed by atoms with Gasteiger partial charge in [0, 0.05) is 11.1 Å². The van der Waals surface area contributed by atoms with E-state index in [1.54, 1.807) is 20.8 Å². The van der Waals surface area contributed by atoms with Crippen molar-refractivity contribution >= 4 is 0 Å². The molecule has 1 aromatic rings. The van der Waals surface area contributed by atoms with Crippen LogP contribution in [0.2, 0.25) is 0 Å². The molecule has 2 rings (SSSR count). The lowest BCUT2D eigenvalue weighted by Gasteiger charge is -2.21. The summed E-state index contributed by atoms with van der Waals surface area (Å²) in [5, 5.41) is 9.73. The minimum absolute atomic E-state index is 0.175. The molecule has 1 aliphatic carbocycles. The van der Waals surface area contributed by atoms with Gasteiger partial charge in [-0.05, 0) is 30.2 Å². The van der Waals surface area contributed by atoms with Crippen LogP contribution >= 0.6 is 0 Å². The van der Waals surface area contributed by atoms with Crippen molar-refractivity contribution < 1.29 is 27.4 Å².